The molecule has 2 amide bonds. The molecule has 16 heavy (non-hydrogen) atoms. The Kier molecular flexibility index (Phi) is 7.54. The Morgan fingerprint density at radius 2 is 1.94 bits per heavy atom. The zero-order valence-electron chi connectivity index (χ0n) is 10.7. The van der Waals surface area contributed by atoms with Gasteiger partial charge in [0.1, 0.15) is 0 Å². The summed E-state index contributed by atoms with van der Waals surface area (Å²) in [6.45, 7) is 7.39. The fraction of sp³-hybridized carbons (Fsp3) is 0.818. The molecule has 0 aliphatic heterocycles. The number of carbonyl (C=O) groups is 2. The Hall–Kier alpha value is -1.10. The maximum atomic E-state index is 11.8. The van der Waals surface area contributed by atoms with Crippen LogP contribution in [0.3, 0.4) is 0 Å². The van der Waals surface area contributed by atoms with Gasteiger partial charge in [0.2, 0.25) is 11.8 Å². The molecule has 0 saturated heterocycles. The van der Waals surface area contributed by atoms with Gasteiger partial charge in [-0.05, 0) is 20.4 Å². The molecular formula is C11H23N3O2. The normalized spacial score (nSPS) is 12.0. The van der Waals surface area contributed by atoms with E-state index < -0.39 is 0 Å². The summed E-state index contributed by atoms with van der Waals surface area (Å²) in [5, 5.41) is 5.69. The predicted molar refractivity (Wildman–Crippen MR) is 64.1 cm³/mol. The molecule has 0 rings (SSSR count). The van der Waals surface area contributed by atoms with E-state index in [1.54, 1.807) is 11.9 Å². The van der Waals surface area contributed by atoms with Crippen molar-refractivity contribution in [3.8, 4) is 0 Å². The lowest BCUT2D eigenvalue weighted by atomic mass is 10.2. The third-order valence-electron chi connectivity index (χ3n) is 2.38. The fourth-order valence-electron chi connectivity index (χ4n) is 1.44. The highest BCUT2D eigenvalue weighted by atomic mass is 16.2. The van der Waals surface area contributed by atoms with Crippen molar-refractivity contribution in [1.82, 2.24) is 15.5 Å². The molecule has 2 N–H and O–H groups in total. The number of carbonyl (C=O) groups excluding carboxylic acids is 2. The van der Waals surface area contributed by atoms with E-state index in [2.05, 4.69) is 10.6 Å². The number of amides is 2. The van der Waals surface area contributed by atoms with Crippen molar-refractivity contribution in [3.63, 3.8) is 0 Å². The second-order valence-corrected chi connectivity index (χ2v) is 3.74. The molecule has 0 bridgehead atoms. The molecule has 0 aromatic rings. The van der Waals surface area contributed by atoms with Crippen LogP contribution in [0.25, 0.3) is 0 Å². The van der Waals surface area contributed by atoms with Crippen molar-refractivity contribution >= 4 is 11.8 Å². The monoisotopic (exact) mass is 229 g/mol. The molecule has 94 valence electrons. The van der Waals surface area contributed by atoms with E-state index >= 15 is 0 Å². The quantitative estimate of drug-likeness (QED) is 0.644. The minimum absolute atomic E-state index is 0.0135. The Morgan fingerprint density at radius 3 is 2.38 bits per heavy atom. The van der Waals surface area contributed by atoms with Crippen LogP contribution in [-0.2, 0) is 9.59 Å². The van der Waals surface area contributed by atoms with Crippen molar-refractivity contribution in [3.05, 3.63) is 0 Å². The van der Waals surface area contributed by atoms with Gasteiger partial charge in [-0.15, -0.1) is 0 Å². The number of nitrogens with zero attached hydrogens (tertiary/aromatic N) is 1. The second-order valence-electron chi connectivity index (χ2n) is 3.74. The van der Waals surface area contributed by atoms with Crippen molar-refractivity contribution < 1.29 is 9.59 Å². The van der Waals surface area contributed by atoms with Crippen molar-refractivity contribution in [2.75, 3.05) is 26.7 Å². The summed E-state index contributed by atoms with van der Waals surface area (Å²) in [5.74, 6) is -0.120. The first-order chi connectivity index (χ1) is 7.54. The maximum absolute atomic E-state index is 11.8. The minimum atomic E-state index is -0.133. The zero-order chi connectivity index (χ0) is 12.6. The van der Waals surface area contributed by atoms with Crippen LogP contribution < -0.4 is 10.6 Å². The molecule has 0 aromatic heterocycles. The number of hydrogen-bond donors (Lipinski definition) is 2. The first-order valence-electron chi connectivity index (χ1n) is 5.76. The summed E-state index contributed by atoms with van der Waals surface area (Å²) in [5.41, 5.74) is 0. The van der Waals surface area contributed by atoms with E-state index in [1.165, 1.54) is 0 Å². The molecule has 0 aliphatic carbocycles. The van der Waals surface area contributed by atoms with Gasteiger partial charge in [-0.3, -0.25) is 9.59 Å². The van der Waals surface area contributed by atoms with E-state index in [9.17, 15) is 9.59 Å². The van der Waals surface area contributed by atoms with Crippen LogP contribution in [-0.4, -0.2) is 49.4 Å². The molecule has 0 heterocycles. The number of hydrogen-bond acceptors (Lipinski definition) is 3. The van der Waals surface area contributed by atoms with Crippen LogP contribution in [0.2, 0.25) is 0 Å². The maximum Gasteiger partial charge on any atom is 0.239 e. The molecule has 1 unspecified atom stereocenters. The minimum Gasteiger partial charge on any atom is -0.358 e. The Bertz CT molecular complexity index is 231. The van der Waals surface area contributed by atoms with Gasteiger partial charge in [-0.25, -0.2) is 0 Å². The Labute approximate surface area is 97.6 Å². The summed E-state index contributed by atoms with van der Waals surface area (Å²) >= 11 is 0. The molecule has 0 aromatic carbocycles. The highest BCUT2D eigenvalue weighted by Gasteiger charge is 2.16. The average Bonchev–Trinajstić information content (AvgIpc) is 2.25. The van der Waals surface area contributed by atoms with E-state index in [4.69, 9.17) is 0 Å². The molecule has 0 fully saturated rings. The van der Waals surface area contributed by atoms with Gasteiger partial charge in [0.05, 0.1) is 6.54 Å². The standard InChI is InChI=1S/C11H23N3O2/c1-5-13-9(3)7-11(16)14(6-2)8-10(15)12-4/h9,13H,5-8H2,1-4H3,(H,12,15). The molecule has 0 saturated carbocycles. The van der Waals surface area contributed by atoms with E-state index in [-0.39, 0.29) is 24.4 Å². The smallest absolute Gasteiger partial charge is 0.239 e. The topological polar surface area (TPSA) is 61.4 Å². The Morgan fingerprint density at radius 1 is 1.31 bits per heavy atom. The van der Waals surface area contributed by atoms with E-state index in [1.807, 2.05) is 20.8 Å². The van der Waals surface area contributed by atoms with Gasteiger partial charge in [-0.1, -0.05) is 6.92 Å². The fourth-order valence-corrected chi connectivity index (χ4v) is 1.44. The van der Waals surface area contributed by atoms with E-state index in [0.29, 0.717) is 13.0 Å². The second kappa shape index (κ2) is 8.10. The molecule has 1 atom stereocenters. The third-order valence-corrected chi connectivity index (χ3v) is 2.38. The summed E-state index contributed by atoms with van der Waals surface area (Å²) in [7, 11) is 1.57. The zero-order valence-corrected chi connectivity index (χ0v) is 10.7. The molecule has 0 spiro atoms. The average molecular weight is 229 g/mol. The SMILES string of the molecule is CCNC(C)CC(=O)N(CC)CC(=O)NC. The first kappa shape index (κ1) is 14.9. The van der Waals surface area contributed by atoms with Crippen LogP contribution in [0.4, 0.5) is 0 Å². The van der Waals surface area contributed by atoms with Gasteiger partial charge in [0.25, 0.3) is 0 Å². The number of likely N-dealkylation sites (N-methyl/N-ethyl adjacent to an activating group) is 2. The van der Waals surface area contributed by atoms with Crippen molar-refractivity contribution in [2.45, 2.75) is 33.2 Å². The predicted octanol–water partition coefficient (Wildman–Crippen LogP) is -0.0310. The van der Waals surface area contributed by atoms with Gasteiger partial charge >= 0.3 is 0 Å². The highest BCUT2D eigenvalue weighted by Crippen LogP contribution is 1.98. The van der Waals surface area contributed by atoms with Gasteiger partial charge in [-0.2, -0.15) is 0 Å². The third kappa shape index (κ3) is 5.70. The van der Waals surface area contributed by atoms with Crippen LogP contribution in [0.15, 0.2) is 0 Å². The summed E-state index contributed by atoms with van der Waals surface area (Å²) in [6, 6.07) is 0.149. The highest BCUT2D eigenvalue weighted by molar-refractivity contribution is 5.84. The lowest BCUT2D eigenvalue weighted by molar-refractivity contribution is -0.136. The van der Waals surface area contributed by atoms with Crippen LogP contribution >= 0.6 is 0 Å². The van der Waals surface area contributed by atoms with Crippen LogP contribution in [0.5, 0.6) is 0 Å². The summed E-state index contributed by atoms with van der Waals surface area (Å²) < 4.78 is 0. The summed E-state index contributed by atoms with van der Waals surface area (Å²) in [6.07, 6.45) is 0.429. The molecule has 5 nitrogen and oxygen atoms in total. The van der Waals surface area contributed by atoms with Crippen LogP contribution in [0, 0.1) is 0 Å². The lowest BCUT2D eigenvalue weighted by Crippen LogP contribution is -2.42. The van der Waals surface area contributed by atoms with Gasteiger partial charge in [0, 0.05) is 26.1 Å². The number of rotatable bonds is 7. The summed E-state index contributed by atoms with van der Waals surface area (Å²) in [4.78, 5) is 24.6. The van der Waals surface area contributed by atoms with Crippen molar-refractivity contribution in [1.29, 1.82) is 0 Å². The molecule has 0 radical (unpaired) electrons. The number of nitrogens with one attached hydrogen (secondary N) is 2. The molecule has 0 aliphatic rings. The lowest BCUT2D eigenvalue weighted by Gasteiger charge is -2.22. The Balaban J connectivity index is 4.15. The first-order valence-corrected chi connectivity index (χ1v) is 5.76. The van der Waals surface area contributed by atoms with Crippen LogP contribution in [0.1, 0.15) is 27.2 Å². The van der Waals surface area contributed by atoms with Crippen molar-refractivity contribution in [2.24, 2.45) is 0 Å². The van der Waals surface area contributed by atoms with E-state index in [0.717, 1.165) is 6.54 Å². The molecule has 5 heteroatoms. The largest absolute Gasteiger partial charge is 0.358 e. The van der Waals surface area contributed by atoms with Gasteiger partial charge < -0.3 is 15.5 Å². The molecular weight excluding hydrogens is 206 g/mol. The van der Waals surface area contributed by atoms with Gasteiger partial charge in [0.15, 0.2) is 0 Å².